The first-order valence-corrected chi connectivity index (χ1v) is 5.77. The van der Waals surface area contributed by atoms with E-state index in [2.05, 4.69) is 23.3 Å². The van der Waals surface area contributed by atoms with Crippen molar-refractivity contribution in [1.29, 1.82) is 0 Å². The van der Waals surface area contributed by atoms with Gasteiger partial charge in [-0.2, -0.15) is 0 Å². The first kappa shape index (κ1) is 11.6. The lowest BCUT2D eigenvalue weighted by molar-refractivity contribution is 0.0957. The second kappa shape index (κ2) is 6.06. The number of amides is 1. The molecule has 1 heterocycles. The van der Waals surface area contributed by atoms with Crippen molar-refractivity contribution in [2.75, 3.05) is 20.1 Å². The average molecular weight is 230 g/mol. The summed E-state index contributed by atoms with van der Waals surface area (Å²) in [4.78, 5) is 13.0. The third kappa shape index (κ3) is 3.69. The van der Waals surface area contributed by atoms with E-state index in [1.54, 1.807) is 6.07 Å². The highest BCUT2D eigenvalue weighted by Gasteiger charge is 2.06. The number of carbonyl (C=O) groups excluding carboxylic acids is 1. The van der Waals surface area contributed by atoms with E-state index in [-0.39, 0.29) is 5.91 Å². The van der Waals surface area contributed by atoms with Crippen molar-refractivity contribution < 1.29 is 4.79 Å². The number of hydrogen-bond acceptors (Lipinski definition) is 4. The number of thiophene rings is 1. The standard InChI is InChI=1S/C9H14N2OS2/c1-10-3-2-4-11-9(12)8-5-7(13)6-14-8/h5-6,10,13H,2-4H2,1H3,(H,11,12). The lowest BCUT2D eigenvalue weighted by Gasteiger charge is -2.02. The first-order chi connectivity index (χ1) is 6.74. The van der Waals surface area contributed by atoms with Crippen molar-refractivity contribution in [3.63, 3.8) is 0 Å². The molecule has 2 N–H and O–H groups in total. The maximum absolute atomic E-state index is 11.5. The number of hydrogen-bond donors (Lipinski definition) is 3. The average Bonchev–Trinajstić information content (AvgIpc) is 2.59. The SMILES string of the molecule is CNCCCNC(=O)c1cc(S)cs1. The van der Waals surface area contributed by atoms with Gasteiger partial charge in [-0.05, 0) is 26.1 Å². The molecule has 3 nitrogen and oxygen atoms in total. The van der Waals surface area contributed by atoms with E-state index >= 15 is 0 Å². The molecule has 1 amide bonds. The summed E-state index contributed by atoms with van der Waals surface area (Å²) in [5.74, 6) is -0.00796. The fourth-order valence-electron chi connectivity index (χ4n) is 0.999. The smallest absolute Gasteiger partial charge is 0.261 e. The number of nitrogens with one attached hydrogen (secondary N) is 2. The van der Waals surface area contributed by atoms with Crippen LogP contribution in [0, 0.1) is 0 Å². The number of rotatable bonds is 5. The van der Waals surface area contributed by atoms with Crippen LogP contribution in [-0.2, 0) is 0 Å². The predicted octanol–water partition coefficient (Wildman–Crippen LogP) is 1.38. The molecule has 1 rings (SSSR count). The number of carbonyl (C=O) groups is 1. The van der Waals surface area contributed by atoms with Crippen molar-refractivity contribution in [3.8, 4) is 0 Å². The van der Waals surface area contributed by atoms with Gasteiger partial charge in [-0.15, -0.1) is 24.0 Å². The van der Waals surface area contributed by atoms with Crippen molar-refractivity contribution in [3.05, 3.63) is 16.3 Å². The van der Waals surface area contributed by atoms with Crippen LogP contribution in [0.3, 0.4) is 0 Å². The quantitative estimate of drug-likeness (QED) is 0.528. The van der Waals surface area contributed by atoms with E-state index in [4.69, 9.17) is 0 Å². The Hall–Kier alpha value is -0.520. The van der Waals surface area contributed by atoms with E-state index in [0.29, 0.717) is 6.54 Å². The minimum atomic E-state index is -0.00796. The summed E-state index contributed by atoms with van der Waals surface area (Å²) in [6.45, 7) is 1.63. The van der Waals surface area contributed by atoms with Gasteiger partial charge in [0.15, 0.2) is 0 Å². The van der Waals surface area contributed by atoms with E-state index < -0.39 is 0 Å². The molecule has 14 heavy (non-hydrogen) atoms. The molecular formula is C9H14N2OS2. The second-order valence-electron chi connectivity index (χ2n) is 2.88. The zero-order chi connectivity index (χ0) is 10.4. The van der Waals surface area contributed by atoms with Crippen molar-refractivity contribution in [2.45, 2.75) is 11.3 Å². The molecule has 0 unspecified atom stereocenters. The van der Waals surface area contributed by atoms with Crippen molar-refractivity contribution in [1.82, 2.24) is 10.6 Å². The largest absolute Gasteiger partial charge is 0.351 e. The van der Waals surface area contributed by atoms with Crippen molar-refractivity contribution in [2.24, 2.45) is 0 Å². The molecule has 0 radical (unpaired) electrons. The van der Waals surface area contributed by atoms with Crippen LogP contribution in [0.15, 0.2) is 16.3 Å². The Labute approximate surface area is 93.3 Å². The lowest BCUT2D eigenvalue weighted by Crippen LogP contribution is -2.25. The van der Waals surface area contributed by atoms with Crippen LogP contribution < -0.4 is 10.6 Å². The maximum Gasteiger partial charge on any atom is 0.261 e. The van der Waals surface area contributed by atoms with Crippen LogP contribution in [-0.4, -0.2) is 26.0 Å². The summed E-state index contributed by atoms with van der Waals surface area (Å²) in [5, 5.41) is 7.72. The van der Waals surface area contributed by atoms with Gasteiger partial charge >= 0.3 is 0 Å². The van der Waals surface area contributed by atoms with Gasteiger partial charge in [-0.25, -0.2) is 0 Å². The molecule has 0 aliphatic carbocycles. The van der Waals surface area contributed by atoms with Gasteiger partial charge in [0.25, 0.3) is 5.91 Å². The highest BCUT2D eigenvalue weighted by molar-refractivity contribution is 7.80. The maximum atomic E-state index is 11.5. The Morgan fingerprint density at radius 1 is 1.57 bits per heavy atom. The molecule has 1 aromatic rings. The Morgan fingerprint density at radius 2 is 2.36 bits per heavy atom. The van der Waals surface area contributed by atoms with Crippen LogP contribution >= 0.6 is 24.0 Å². The third-order valence-electron chi connectivity index (χ3n) is 1.70. The van der Waals surface area contributed by atoms with Gasteiger partial charge in [0.2, 0.25) is 0 Å². The topological polar surface area (TPSA) is 41.1 Å². The zero-order valence-electron chi connectivity index (χ0n) is 8.04. The van der Waals surface area contributed by atoms with Crippen LogP contribution in [0.25, 0.3) is 0 Å². The number of thiol groups is 1. The van der Waals surface area contributed by atoms with Gasteiger partial charge in [0, 0.05) is 16.8 Å². The first-order valence-electron chi connectivity index (χ1n) is 4.44. The van der Waals surface area contributed by atoms with Gasteiger partial charge in [0.1, 0.15) is 0 Å². The second-order valence-corrected chi connectivity index (χ2v) is 4.31. The normalized spacial score (nSPS) is 10.1. The Morgan fingerprint density at radius 3 is 2.93 bits per heavy atom. The van der Waals surface area contributed by atoms with Gasteiger partial charge in [-0.1, -0.05) is 0 Å². The highest BCUT2D eigenvalue weighted by atomic mass is 32.1. The summed E-state index contributed by atoms with van der Waals surface area (Å²) in [6.07, 6.45) is 0.946. The molecule has 0 spiro atoms. The molecule has 78 valence electrons. The summed E-state index contributed by atoms with van der Waals surface area (Å²) < 4.78 is 0. The van der Waals surface area contributed by atoms with Gasteiger partial charge in [0.05, 0.1) is 4.88 Å². The van der Waals surface area contributed by atoms with E-state index in [1.165, 1.54) is 11.3 Å². The molecular weight excluding hydrogens is 216 g/mol. The zero-order valence-corrected chi connectivity index (χ0v) is 9.75. The molecule has 0 aromatic carbocycles. The molecule has 0 fully saturated rings. The van der Waals surface area contributed by atoms with E-state index in [1.807, 2.05) is 12.4 Å². The molecule has 0 saturated heterocycles. The summed E-state index contributed by atoms with van der Waals surface area (Å²) in [5.41, 5.74) is 0. The Bertz CT molecular complexity index is 299. The fraction of sp³-hybridized carbons (Fsp3) is 0.444. The summed E-state index contributed by atoms with van der Waals surface area (Å²) in [6, 6.07) is 1.78. The van der Waals surface area contributed by atoms with Gasteiger partial charge in [-0.3, -0.25) is 4.79 Å². The minimum absolute atomic E-state index is 0.00796. The lowest BCUT2D eigenvalue weighted by atomic mass is 10.4. The van der Waals surface area contributed by atoms with Crippen LogP contribution in [0.5, 0.6) is 0 Å². The predicted molar refractivity (Wildman–Crippen MR) is 62.4 cm³/mol. The summed E-state index contributed by atoms with van der Waals surface area (Å²) >= 11 is 5.56. The van der Waals surface area contributed by atoms with E-state index in [9.17, 15) is 4.79 Å². The molecule has 0 atom stereocenters. The summed E-state index contributed by atoms with van der Waals surface area (Å²) in [7, 11) is 1.90. The molecule has 0 aliphatic rings. The molecule has 0 bridgehead atoms. The van der Waals surface area contributed by atoms with E-state index in [0.717, 1.165) is 22.7 Å². The molecule has 5 heteroatoms. The van der Waals surface area contributed by atoms with Crippen molar-refractivity contribution >= 4 is 29.9 Å². The van der Waals surface area contributed by atoms with Gasteiger partial charge < -0.3 is 10.6 Å². The fourth-order valence-corrected chi connectivity index (χ4v) is 2.06. The monoisotopic (exact) mass is 230 g/mol. The molecule has 0 aliphatic heterocycles. The highest BCUT2D eigenvalue weighted by Crippen LogP contribution is 2.17. The third-order valence-corrected chi connectivity index (χ3v) is 3.06. The Kier molecular flexibility index (Phi) is 5.00. The van der Waals surface area contributed by atoms with Crippen LogP contribution in [0.4, 0.5) is 0 Å². The Balaban J connectivity index is 2.29. The molecule has 0 saturated carbocycles. The molecule has 1 aromatic heterocycles. The van der Waals surface area contributed by atoms with Crippen LogP contribution in [0.1, 0.15) is 16.1 Å². The van der Waals surface area contributed by atoms with Crippen LogP contribution in [0.2, 0.25) is 0 Å². The minimum Gasteiger partial charge on any atom is -0.351 e.